The molecule has 0 unspecified atom stereocenters. The Morgan fingerprint density at radius 1 is 1.38 bits per heavy atom. The van der Waals surface area contributed by atoms with Crippen molar-refractivity contribution < 1.29 is 19.1 Å². The van der Waals surface area contributed by atoms with E-state index in [1.807, 2.05) is 0 Å². The van der Waals surface area contributed by atoms with Gasteiger partial charge >= 0.3 is 5.97 Å². The van der Waals surface area contributed by atoms with Crippen molar-refractivity contribution in [2.45, 2.75) is 6.42 Å². The number of nitrogens with zero attached hydrogens (tertiary/aromatic N) is 4. The van der Waals surface area contributed by atoms with Gasteiger partial charge in [0, 0.05) is 0 Å². The van der Waals surface area contributed by atoms with Crippen molar-refractivity contribution in [2.75, 3.05) is 5.32 Å². The summed E-state index contributed by atoms with van der Waals surface area (Å²) in [6, 6.07) is 4.01. The molecule has 9 heteroatoms. The average Bonchev–Trinajstić information content (AvgIpc) is 3.09. The third kappa shape index (κ3) is 2.57. The second-order valence-corrected chi connectivity index (χ2v) is 4.69. The zero-order valence-electron chi connectivity index (χ0n) is 10.6. The summed E-state index contributed by atoms with van der Waals surface area (Å²) in [7, 11) is 0. The molecule has 1 heterocycles. The predicted molar refractivity (Wildman–Crippen MR) is 67.0 cm³/mol. The number of hydrogen-bond acceptors (Lipinski definition) is 5. The lowest BCUT2D eigenvalue weighted by molar-refractivity contribution is -0.139. The van der Waals surface area contributed by atoms with Crippen LogP contribution in [0.2, 0.25) is 0 Å². The van der Waals surface area contributed by atoms with Crippen LogP contribution in [0.5, 0.6) is 0 Å². The number of carboxylic acid groups (broad SMARTS) is 1. The maximum atomic E-state index is 13.7. The Labute approximate surface area is 117 Å². The van der Waals surface area contributed by atoms with Crippen molar-refractivity contribution in [1.29, 1.82) is 0 Å². The highest BCUT2D eigenvalue weighted by Crippen LogP contribution is 2.39. The SMILES string of the molecule is O=C(O)[C@H]1C[C@H]1C(=O)Nc1cc(-n2cnnn2)ccc1F. The molecule has 1 amide bonds. The van der Waals surface area contributed by atoms with Gasteiger partial charge in [-0.3, -0.25) is 9.59 Å². The maximum Gasteiger partial charge on any atom is 0.307 e. The van der Waals surface area contributed by atoms with E-state index >= 15 is 0 Å². The van der Waals surface area contributed by atoms with E-state index in [-0.39, 0.29) is 12.1 Å². The van der Waals surface area contributed by atoms with Crippen LogP contribution in [-0.4, -0.2) is 37.2 Å². The fraction of sp³-hybridized carbons (Fsp3) is 0.250. The summed E-state index contributed by atoms with van der Waals surface area (Å²) in [5, 5.41) is 21.8. The van der Waals surface area contributed by atoms with Crippen LogP contribution >= 0.6 is 0 Å². The third-order valence-corrected chi connectivity index (χ3v) is 3.27. The number of rotatable bonds is 4. The molecular formula is C12H10FN5O3. The predicted octanol–water partition coefficient (Wildman–Crippen LogP) is 0.461. The third-order valence-electron chi connectivity index (χ3n) is 3.27. The maximum absolute atomic E-state index is 13.7. The number of amides is 1. The van der Waals surface area contributed by atoms with E-state index in [4.69, 9.17) is 5.11 Å². The van der Waals surface area contributed by atoms with Gasteiger partial charge in [0.25, 0.3) is 0 Å². The van der Waals surface area contributed by atoms with Crippen molar-refractivity contribution in [2.24, 2.45) is 11.8 Å². The Balaban J connectivity index is 1.78. The molecule has 1 aliphatic rings. The minimum Gasteiger partial charge on any atom is -0.481 e. The summed E-state index contributed by atoms with van der Waals surface area (Å²) < 4.78 is 15.0. The van der Waals surface area contributed by atoms with Gasteiger partial charge in [-0.2, -0.15) is 0 Å². The largest absolute Gasteiger partial charge is 0.481 e. The molecule has 1 aliphatic carbocycles. The number of aromatic nitrogens is 4. The van der Waals surface area contributed by atoms with Gasteiger partial charge in [-0.25, -0.2) is 9.07 Å². The lowest BCUT2D eigenvalue weighted by Gasteiger charge is -2.08. The van der Waals surface area contributed by atoms with E-state index in [0.29, 0.717) is 5.69 Å². The van der Waals surface area contributed by atoms with Crippen LogP contribution in [0.15, 0.2) is 24.5 Å². The highest BCUT2D eigenvalue weighted by atomic mass is 19.1. The van der Waals surface area contributed by atoms with Crippen molar-refractivity contribution >= 4 is 17.6 Å². The molecule has 1 saturated carbocycles. The molecule has 1 aromatic carbocycles. The number of carbonyl (C=O) groups excluding carboxylic acids is 1. The summed E-state index contributed by atoms with van der Waals surface area (Å²) in [6.07, 6.45) is 1.61. The van der Waals surface area contributed by atoms with E-state index in [9.17, 15) is 14.0 Å². The van der Waals surface area contributed by atoms with Crippen molar-refractivity contribution in [3.8, 4) is 5.69 Å². The van der Waals surface area contributed by atoms with Gasteiger partial charge < -0.3 is 10.4 Å². The number of hydrogen-bond donors (Lipinski definition) is 2. The fourth-order valence-corrected chi connectivity index (χ4v) is 2.01. The molecule has 0 saturated heterocycles. The number of carbonyl (C=O) groups is 2. The van der Waals surface area contributed by atoms with Crippen molar-refractivity contribution in [3.05, 3.63) is 30.3 Å². The van der Waals surface area contributed by atoms with Crippen LogP contribution in [0.1, 0.15) is 6.42 Å². The first-order valence-corrected chi connectivity index (χ1v) is 6.13. The average molecular weight is 291 g/mol. The fourth-order valence-electron chi connectivity index (χ4n) is 2.01. The molecule has 0 aliphatic heterocycles. The molecule has 2 N–H and O–H groups in total. The number of aliphatic carboxylic acids is 1. The number of anilines is 1. The summed E-state index contributed by atoms with van der Waals surface area (Å²) in [4.78, 5) is 22.6. The van der Waals surface area contributed by atoms with Gasteiger partial charge in [-0.05, 0) is 35.0 Å². The summed E-state index contributed by atoms with van der Waals surface area (Å²) in [5.41, 5.74) is 0.436. The first-order valence-electron chi connectivity index (χ1n) is 6.13. The molecule has 2 atom stereocenters. The van der Waals surface area contributed by atoms with E-state index in [2.05, 4.69) is 20.8 Å². The minimum atomic E-state index is -1.02. The lowest BCUT2D eigenvalue weighted by atomic mass is 10.2. The van der Waals surface area contributed by atoms with Gasteiger partial charge in [-0.1, -0.05) is 0 Å². The minimum absolute atomic E-state index is 0.0379. The Hall–Kier alpha value is -2.84. The standard InChI is InChI=1S/C12H10FN5O3/c13-9-2-1-6(18-5-14-16-17-18)3-10(9)15-11(19)7-4-8(7)12(20)21/h1-3,5,7-8H,4H2,(H,15,19)(H,20,21)/t7-,8+/m1/s1. The molecule has 1 aromatic heterocycles. The summed E-state index contributed by atoms with van der Waals surface area (Å²) in [6.45, 7) is 0. The quantitative estimate of drug-likeness (QED) is 0.846. The first-order chi connectivity index (χ1) is 10.1. The van der Waals surface area contributed by atoms with Crippen molar-refractivity contribution in [1.82, 2.24) is 20.2 Å². The second kappa shape index (κ2) is 4.93. The van der Waals surface area contributed by atoms with E-state index in [1.54, 1.807) is 0 Å². The Morgan fingerprint density at radius 2 is 2.19 bits per heavy atom. The van der Waals surface area contributed by atoms with E-state index < -0.39 is 29.5 Å². The number of carboxylic acids is 1. The molecule has 0 spiro atoms. The molecule has 8 nitrogen and oxygen atoms in total. The Kier molecular flexibility index (Phi) is 3.09. The van der Waals surface area contributed by atoms with Crippen LogP contribution in [0.3, 0.4) is 0 Å². The van der Waals surface area contributed by atoms with Crippen molar-refractivity contribution in [3.63, 3.8) is 0 Å². The van der Waals surface area contributed by atoms with Crippen LogP contribution < -0.4 is 5.32 Å². The molecule has 0 bridgehead atoms. The zero-order valence-corrected chi connectivity index (χ0v) is 10.6. The number of benzene rings is 1. The summed E-state index contributed by atoms with van der Waals surface area (Å²) in [5.74, 6) is -3.43. The Morgan fingerprint density at radius 3 is 2.81 bits per heavy atom. The highest BCUT2D eigenvalue weighted by molar-refractivity contribution is 5.98. The molecule has 108 valence electrons. The molecule has 0 radical (unpaired) electrons. The second-order valence-electron chi connectivity index (χ2n) is 4.69. The van der Waals surface area contributed by atoms with Crippen LogP contribution in [-0.2, 0) is 9.59 Å². The molecule has 1 fully saturated rings. The Bertz CT molecular complexity index is 703. The molecule has 2 aromatic rings. The first kappa shape index (κ1) is 13.2. The zero-order chi connectivity index (χ0) is 15.0. The summed E-state index contributed by atoms with van der Waals surface area (Å²) >= 11 is 0. The molecule has 3 rings (SSSR count). The highest BCUT2D eigenvalue weighted by Gasteiger charge is 2.48. The van der Waals surface area contributed by atoms with Crippen LogP contribution in [0, 0.1) is 17.7 Å². The van der Waals surface area contributed by atoms with Gasteiger partial charge in [0.05, 0.1) is 23.2 Å². The van der Waals surface area contributed by atoms with Gasteiger partial charge in [0.2, 0.25) is 5.91 Å². The molecular weight excluding hydrogens is 281 g/mol. The number of tetrazole rings is 1. The van der Waals surface area contributed by atoms with Gasteiger partial charge in [0.15, 0.2) is 0 Å². The monoisotopic (exact) mass is 291 g/mol. The van der Waals surface area contributed by atoms with Gasteiger partial charge in [-0.15, -0.1) is 5.10 Å². The lowest BCUT2D eigenvalue weighted by Crippen LogP contribution is -2.17. The van der Waals surface area contributed by atoms with Gasteiger partial charge in [0.1, 0.15) is 12.1 Å². The number of halogens is 1. The van der Waals surface area contributed by atoms with Crippen LogP contribution in [0.4, 0.5) is 10.1 Å². The van der Waals surface area contributed by atoms with Crippen LogP contribution in [0.25, 0.3) is 5.69 Å². The van der Waals surface area contributed by atoms with E-state index in [1.165, 1.54) is 29.2 Å². The van der Waals surface area contributed by atoms with E-state index in [0.717, 1.165) is 0 Å². The smallest absolute Gasteiger partial charge is 0.307 e. The topological polar surface area (TPSA) is 110 Å². The normalized spacial score (nSPS) is 20.0. The molecule has 21 heavy (non-hydrogen) atoms. The number of nitrogens with one attached hydrogen (secondary N) is 1.